The minimum absolute atomic E-state index is 0.102. The number of aryl methyl sites for hydroxylation is 1. The third-order valence-corrected chi connectivity index (χ3v) is 5.96. The van der Waals surface area contributed by atoms with Crippen LogP contribution in [0, 0.1) is 5.92 Å². The van der Waals surface area contributed by atoms with Crippen molar-refractivity contribution in [1.82, 2.24) is 14.9 Å². The lowest BCUT2D eigenvalue weighted by atomic mass is 9.95. The molecule has 214 valence electrons. The molecular formula is C29H41N3O7. The third kappa shape index (κ3) is 11.3. The van der Waals surface area contributed by atoms with Crippen LogP contribution in [0.5, 0.6) is 0 Å². The first-order valence-corrected chi connectivity index (χ1v) is 13.3. The maximum atomic E-state index is 13.4. The standard InChI is InChI=1S/C29H41N3O7/c1-7-8-12-20(2)24(18-25(34)37-19-21-13-10-9-11-14-21)38-27(35)22(31-28(36)39-29(3,4)5)17-23(33)26-30-15-16-32(26)6/h9-11,13-16,20,22,24H,7-8,12,17-19H2,1-6H3,(H,31,36)/t20-,22-,24-/m0/s1. The van der Waals surface area contributed by atoms with Gasteiger partial charge in [-0.05, 0) is 38.7 Å². The highest BCUT2D eigenvalue weighted by atomic mass is 16.6. The van der Waals surface area contributed by atoms with Crippen molar-refractivity contribution in [2.24, 2.45) is 13.0 Å². The second-order valence-electron chi connectivity index (χ2n) is 10.6. The molecule has 1 N–H and O–H groups in total. The highest BCUT2D eigenvalue weighted by Gasteiger charge is 2.33. The number of alkyl carbamates (subject to hydrolysis) is 1. The van der Waals surface area contributed by atoms with E-state index in [4.69, 9.17) is 14.2 Å². The van der Waals surface area contributed by atoms with Gasteiger partial charge in [0.2, 0.25) is 5.78 Å². The van der Waals surface area contributed by atoms with Gasteiger partial charge in [-0.2, -0.15) is 0 Å². The molecule has 0 aliphatic heterocycles. The van der Waals surface area contributed by atoms with Gasteiger partial charge in [0.05, 0.1) is 6.42 Å². The van der Waals surface area contributed by atoms with Crippen molar-refractivity contribution in [1.29, 1.82) is 0 Å². The molecule has 0 saturated carbocycles. The fourth-order valence-corrected chi connectivity index (χ4v) is 3.82. The number of carbonyl (C=O) groups is 4. The maximum absolute atomic E-state index is 13.4. The van der Waals surface area contributed by atoms with Crippen molar-refractivity contribution in [3.05, 3.63) is 54.1 Å². The summed E-state index contributed by atoms with van der Waals surface area (Å²) in [6.45, 7) is 9.10. The van der Waals surface area contributed by atoms with E-state index in [-0.39, 0.29) is 24.8 Å². The normalized spacial score (nSPS) is 13.6. The molecule has 2 rings (SSSR count). The summed E-state index contributed by atoms with van der Waals surface area (Å²) in [6.07, 6.45) is 3.39. The van der Waals surface area contributed by atoms with Crippen LogP contribution in [-0.4, -0.2) is 51.1 Å². The van der Waals surface area contributed by atoms with Gasteiger partial charge in [0.15, 0.2) is 5.82 Å². The summed E-state index contributed by atoms with van der Waals surface area (Å²) in [5.74, 6) is -1.84. The summed E-state index contributed by atoms with van der Waals surface area (Å²) >= 11 is 0. The topological polar surface area (TPSA) is 126 Å². The van der Waals surface area contributed by atoms with Gasteiger partial charge in [-0.3, -0.25) is 9.59 Å². The second-order valence-corrected chi connectivity index (χ2v) is 10.6. The molecule has 1 aromatic carbocycles. The molecule has 0 fully saturated rings. The van der Waals surface area contributed by atoms with E-state index in [1.807, 2.05) is 44.2 Å². The molecule has 2 aromatic rings. The largest absolute Gasteiger partial charge is 0.461 e. The van der Waals surface area contributed by atoms with E-state index in [1.54, 1.807) is 34.0 Å². The van der Waals surface area contributed by atoms with Crippen molar-refractivity contribution in [3.8, 4) is 0 Å². The molecule has 3 atom stereocenters. The molecule has 1 amide bonds. The van der Waals surface area contributed by atoms with Crippen molar-refractivity contribution < 1.29 is 33.4 Å². The molecule has 0 bridgehead atoms. The van der Waals surface area contributed by atoms with Crippen LogP contribution in [0.1, 0.15) is 82.9 Å². The van der Waals surface area contributed by atoms with Gasteiger partial charge in [-0.1, -0.05) is 57.0 Å². The van der Waals surface area contributed by atoms with Crippen LogP contribution in [0.3, 0.4) is 0 Å². The lowest BCUT2D eigenvalue weighted by Gasteiger charge is -2.27. The molecular weight excluding hydrogens is 502 g/mol. The lowest BCUT2D eigenvalue weighted by molar-refractivity contribution is -0.160. The molecule has 0 saturated heterocycles. The summed E-state index contributed by atoms with van der Waals surface area (Å²) in [5.41, 5.74) is 0.0231. The van der Waals surface area contributed by atoms with E-state index in [1.165, 1.54) is 10.8 Å². The van der Waals surface area contributed by atoms with E-state index in [0.29, 0.717) is 0 Å². The van der Waals surface area contributed by atoms with Crippen molar-refractivity contribution in [3.63, 3.8) is 0 Å². The summed E-state index contributed by atoms with van der Waals surface area (Å²) in [4.78, 5) is 55.5. The number of esters is 2. The first-order valence-electron chi connectivity index (χ1n) is 13.3. The van der Waals surface area contributed by atoms with E-state index < -0.39 is 48.0 Å². The van der Waals surface area contributed by atoms with Crippen molar-refractivity contribution >= 4 is 23.8 Å². The monoisotopic (exact) mass is 543 g/mol. The number of imidazole rings is 1. The van der Waals surface area contributed by atoms with Gasteiger partial charge in [-0.15, -0.1) is 0 Å². The Kier molecular flexibility index (Phi) is 12.2. The Bertz CT molecular complexity index is 1090. The minimum Gasteiger partial charge on any atom is -0.461 e. The average Bonchev–Trinajstić information content (AvgIpc) is 3.30. The van der Waals surface area contributed by atoms with Gasteiger partial charge < -0.3 is 24.1 Å². The molecule has 0 aliphatic carbocycles. The van der Waals surface area contributed by atoms with Gasteiger partial charge >= 0.3 is 18.0 Å². The van der Waals surface area contributed by atoms with Gasteiger partial charge in [0.25, 0.3) is 0 Å². The van der Waals surface area contributed by atoms with Crippen LogP contribution in [0.4, 0.5) is 4.79 Å². The molecule has 0 spiro atoms. The number of ether oxygens (including phenoxy) is 3. The number of hydrogen-bond acceptors (Lipinski definition) is 8. The zero-order chi connectivity index (χ0) is 29.0. The molecule has 39 heavy (non-hydrogen) atoms. The highest BCUT2D eigenvalue weighted by Crippen LogP contribution is 2.21. The second kappa shape index (κ2) is 15.0. The summed E-state index contributed by atoms with van der Waals surface area (Å²) in [6, 6.07) is 7.93. The Hall–Kier alpha value is -3.69. The van der Waals surface area contributed by atoms with E-state index in [9.17, 15) is 19.2 Å². The smallest absolute Gasteiger partial charge is 0.408 e. The number of nitrogens with zero attached hydrogens (tertiary/aromatic N) is 2. The summed E-state index contributed by atoms with van der Waals surface area (Å²) < 4.78 is 18.0. The predicted molar refractivity (Wildman–Crippen MR) is 145 cm³/mol. The first-order chi connectivity index (χ1) is 18.4. The Morgan fingerprint density at radius 2 is 1.77 bits per heavy atom. The van der Waals surface area contributed by atoms with Crippen LogP contribution in [0.2, 0.25) is 0 Å². The highest BCUT2D eigenvalue weighted by molar-refractivity contribution is 5.97. The van der Waals surface area contributed by atoms with E-state index >= 15 is 0 Å². The SMILES string of the molecule is CCCC[C@H](C)[C@H](CC(=O)OCc1ccccc1)OC(=O)[C@H](CC(=O)c1nccn1C)NC(=O)OC(C)(C)C. The number of rotatable bonds is 14. The number of amides is 1. The van der Waals surface area contributed by atoms with Crippen LogP contribution >= 0.6 is 0 Å². The fourth-order valence-electron chi connectivity index (χ4n) is 3.82. The number of nitrogens with one attached hydrogen (secondary N) is 1. The zero-order valence-electron chi connectivity index (χ0n) is 23.8. The van der Waals surface area contributed by atoms with Gasteiger partial charge in [-0.25, -0.2) is 14.6 Å². The zero-order valence-corrected chi connectivity index (χ0v) is 23.8. The number of benzene rings is 1. The predicted octanol–water partition coefficient (Wildman–Crippen LogP) is 4.76. The number of hydrogen-bond donors (Lipinski definition) is 1. The number of ketones is 1. The Labute approximate surface area is 230 Å². The number of Topliss-reactive ketones (excluding diaryl/α,β-unsaturated/α-hetero) is 1. The van der Waals surface area contributed by atoms with Crippen molar-refractivity contribution in [2.45, 2.75) is 91.1 Å². The van der Waals surface area contributed by atoms with Crippen LogP contribution < -0.4 is 5.32 Å². The minimum atomic E-state index is -1.34. The number of unbranched alkanes of at least 4 members (excludes halogenated alkanes) is 1. The number of carbonyl (C=O) groups excluding carboxylic acids is 4. The fraction of sp³-hybridized carbons (Fsp3) is 0.552. The quantitative estimate of drug-likeness (QED) is 0.205. The number of aromatic nitrogens is 2. The van der Waals surface area contributed by atoms with Crippen LogP contribution in [-0.2, 0) is 37.5 Å². The van der Waals surface area contributed by atoms with Crippen molar-refractivity contribution in [2.75, 3.05) is 0 Å². The molecule has 10 heteroatoms. The molecule has 0 aliphatic rings. The molecule has 1 heterocycles. The van der Waals surface area contributed by atoms with Gasteiger partial charge in [0.1, 0.15) is 24.4 Å². The molecule has 10 nitrogen and oxygen atoms in total. The van der Waals surface area contributed by atoms with Crippen LogP contribution in [0.15, 0.2) is 42.7 Å². The van der Waals surface area contributed by atoms with Crippen LogP contribution in [0.25, 0.3) is 0 Å². The summed E-state index contributed by atoms with van der Waals surface area (Å²) in [7, 11) is 1.65. The third-order valence-electron chi connectivity index (χ3n) is 5.96. The Morgan fingerprint density at radius 1 is 1.08 bits per heavy atom. The molecule has 0 unspecified atom stereocenters. The lowest BCUT2D eigenvalue weighted by Crippen LogP contribution is -2.47. The maximum Gasteiger partial charge on any atom is 0.408 e. The van der Waals surface area contributed by atoms with Gasteiger partial charge in [0, 0.05) is 25.9 Å². The average molecular weight is 544 g/mol. The van der Waals surface area contributed by atoms with E-state index in [0.717, 1.165) is 24.8 Å². The molecule has 0 radical (unpaired) electrons. The molecule has 1 aromatic heterocycles. The Morgan fingerprint density at radius 3 is 2.36 bits per heavy atom. The Balaban J connectivity index is 2.17. The van der Waals surface area contributed by atoms with E-state index in [2.05, 4.69) is 10.3 Å². The summed E-state index contributed by atoms with van der Waals surface area (Å²) in [5, 5.41) is 2.46. The first kappa shape index (κ1) is 31.5.